The minimum atomic E-state index is -0.386. The first-order valence-electron chi connectivity index (χ1n) is 10.1. The second kappa shape index (κ2) is 6.46. The highest BCUT2D eigenvalue weighted by molar-refractivity contribution is 5.77. The molecule has 1 N–H and O–H groups in total. The van der Waals surface area contributed by atoms with Crippen molar-refractivity contribution >= 4 is 12.0 Å². The van der Waals surface area contributed by atoms with Crippen molar-refractivity contribution in [1.29, 1.82) is 0 Å². The quantitative estimate of drug-likeness (QED) is 0.860. The summed E-state index contributed by atoms with van der Waals surface area (Å²) in [4.78, 5) is 34.4. The molecule has 7 heteroatoms. The van der Waals surface area contributed by atoms with E-state index in [0.717, 1.165) is 11.4 Å². The molecule has 0 bridgehead atoms. The molecule has 3 heterocycles. The molecule has 2 aliphatic heterocycles. The van der Waals surface area contributed by atoms with E-state index >= 15 is 0 Å². The van der Waals surface area contributed by atoms with E-state index in [-0.39, 0.29) is 18.0 Å². The summed E-state index contributed by atoms with van der Waals surface area (Å²) in [6.07, 6.45) is 11.3. The highest BCUT2D eigenvalue weighted by atomic mass is 16.6. The van der Waals surface area contributed by atoms with Gasteiger partial charge in [0.25, 0.3) is 0 Å². The number of nitrogens with one attached hydrogen (secondary N) is 1. The zero-order chi connectivity index (χ0) is 18.4. The molecular formula is C20H26N4O3. The Bertz CT molecular complexity index is 732. The first-order chi connectivity index (χ1) is 13.1. The number of hydrogen-bond acceptors (Lipinski definition) is 5. The van der Waals surface area contributed by atoms with Gasteiger partial charge in [0.2, 0.25) is 5.91 Å². The topological polar surface area (TPSA) is 84.4 Å². The van der Waals surface area contributed by atoms with Gasteiger partial charge < -0.3 is 15.0 Å². The van der Waals surface area contributed by atoms with Crippen molar-refractivity contribution in [2.24, 2.45) is 5.41 Å². The number of cyclic esters (lactones) is 1. The minimum absolute atomic E-state index is 0.0393. The monoisotopic (exact) mass is 370 g/mol. The van der Waals surface area contributed by atoms with Gasteiger partial charge in [-0.25, -0.2) is 4.79 Å². The van der Waals surface area contributed by atoms with Crippen LogP contribution in [0.1, 0.15) is 68.2 Å². The van der Waals surface area contributed by atoms with Gasteiger partial charge in [0.15, 0.2) is 0 Å². The average Bonchev–Trinajstić information content (AvgIpc) is 2.96. The summed E-state index contributed by atoms with van der Waals surface area (Å²) in [6.45, 7) is 1.79. The van der Waals surface area contributed by atoms with E-state index < -0.39 is 0 Å². The Balaban J connectivity index is 1.07. The van der Waals surface area contributed by atoms with Crippen LogP contribution in [-0.2, 0) is 9.53 Å². The molecule has 7 nitrogen and oxygen atoms in total. The van der Waals surface area contributed by atoms with Crippen molar-refractivity contribution in [1.82, 2.24) is 20.2 Å². The largest absolute Gasteiger partial charge is 0.447 e. The van der Waals surface area contributed by atoms with Gasteiger partial charge in [-0.2, -0.15) is 0 Å². The van der Waals surface area contributed by atoms with Gasteiger partial charge in [-0.3, -0.25) is 14.8 Å². The lowest BCUT2D eigenvalue weighted by Crippen LogP contribution is -2.49. The van der Waals surface area contributed by atoms with Crippen molar-refractivity contribution in [2.45, 2.75) is 62.8 Å². The average molecular weight is 370 g/mol. The van der Waals surface area contributed by atoms with Crippen molar-refractivity contribution < 1.29 is 14.3 Å². The van der Waals surface area contributed by atoms with Crippen molar-refractivity contribution in [3.63, 3.8) is 0 Å². The van der Waals surface area contributed by atoms with Crippen molar-refractivity contribution in [3.8, 4) is 0 Å². The smallest absolute Gasteiger partial charge is 0.407 e. The molecule has 2 saturated heterocycles. The van der Waals surface area contributed by atoms with Gasteiger partial charge in [0.05, 0.1) is 17.4 Å². The number of amides is 2. The number of aromatic nitrogens is 2. The summed E-state index contributed by atoms with van der Waals surface area (Å²) in [7, 11) is 0. The van der Waals surface area contributed by atoms with Gasteiger partial charge in [-0.1, -0.05) is 6.42 Å². The summed E-state index contributed by atoms with van der Waals surface area (Å²) in [5.74, 6) is 1.04. The first kappa shape index (κ1) is 17.0. The van der Waals surface area contributed by atoms with Crippen molar-refractivity contribution in [2.75, 3.05) is 19.7 Å². The summed E-state index contributed by atoms with van der Waals surface area (Å²) in [5, 5.41) is 2.70. The summed E-state index contributed by atoms with van der Waals surface area (Å²) in [5.41, 5.74) is 2.80. The van der Waals surface area contributed by atoms with Crippen LogP contribution in [0.2, 0.25) is 0 Å². The van der Waals surface area contributed by atoms with Crippen LogP contribution in [0, 0.1) is 5.41 Å². The predicted octanol–water partition coefficient (Wildman–Crippen LogP) is 2.34. The van der Waals surface area contributed by atoms with Crippen LogP contribution in [0.4, 0.5) is 4.79 Å². The van der Waals surface area contributed by atoms with Gasteiger partial charge in [-0.05, 0) is 37.5 Å². The number of likely N-dealkylation sites (tertiary alicyclic amines) is 1. The Morgan fingerprint density at radius 1 is 1.19 bits per heavy atom. The Morgan fingerprint density at radius 3 is 2.44 bits per heavy atom. The summed E-state index contributed by atoms with van der Waals surface area (Å²) in [6, 6.07) is -0.0393. The molecule has 1 aromatic heterocycles. The maximum atomic E-state index is 12.3. The van der Waals surface area contributed by atoms with Crippen LogP contribution >= 0.6 is 0 Å². The standard InChI is InChI=1S/C20H26N4O3/c25-18(3-2-15-12-27-19(26)23-15)24-10-14(11-24)17-9-21-16(8-22-17)13-6-20(7-13)4-1-5-20/h8-9,13-15H,1-7,10-12H2,(H,23,26)/t15-/m1/s1. The number of hydrogen-bond donors (Lipinski definition) is 1. The number of ether oxygens (including phenoxy) is 1. The molecule has 2 amide bonds. The number of rotatable bonds is 5. The van der Waals surface area contributed by atoms with Crippen LogP contribution in [0.25, 0.3) is 0 Å². The lowest BCUT2D eigenvalue weighted by atomic mass is 9.51. The number of alkyl carbamates (subject to hydrolysis) is 1. The molecule has 1 spiro atoms. The van der Waals surface area contributed by atoms with E-state index in [4.69, 9.17) is 4.74 Å². The fraction of sp³-hybridized carbons (Fsp3) is 0.700. The molecule has 27 heavy (non-hydrogen) atoms. The van der Waals surface area contributed by atoms with Gasteiger partial charge in [0.1, 0.15) is 6.61 Å². The molecule has 1 aromatic rings. The zero-order valence-electron chi connectivity index (χ0n) is 15.5. The second-order valence-corrected chi connectivity index (χ2v) is 8.80. The molecular weight excluding hydrogens is 344 g/mol. The molecule has 0 unspecified atom stereocenters. The van der Waals surface area contributed by atoms with Crippen LogP contribution in [0.5, 0.6) is 0 Å². The van der Waals surface area contributed by atoms with E-state index in [1.165, 1.54) is 32.1 Å². The van der Waals surface area contributed by atoms with Gasteiger partial charge >= 0.3 is 6.09 Å². The normalized spacial score (nSPS) is 26.7. The van der Waals surface area contributed by atoms with E-state index in [2.05, 4.69) is 15.3 Å². The van der Waals surface area contributed by atoms with Crippen LogP contribution in [-0.4, -0.2) is 52.6 Å². The molecule has 2 aliphatic carbocycles. The molecule has 4 aliphatic rings. The van der Waals surface area contributed by atoms with Crippen LogP contribution < -0.4 is 5.32 Å². The Kier molecular flexibility index (Phi) is 4.06. The maximum Gasteiger partial charge on any atom is 0.407 e. The highest BCUT2D eigenvalue weighted by Gasteiger charge is 2.49. The van der Waals surface area contributed by atoms with E-state index in [0.29, 0.717) is 49.8 Å². The third-order valence-corrected chi connectivity index (χ3v) is 6.98. The van der Waals surface area contributed by atoms with E-state index in [1.54, 1.807) is 0 Å². The Hall–Kier alpha value is -2.18. The minimum Gasteiger partial charge on any atom is -0.447 e. The maximum absolute atomic E-state index is 12.3. The predicted molar refractivity (Wildman–Crippen MR) is 97.1 cm³/mol. The van der Waals surface area contributed by atoms with Crippen LogP contribution in [0.15, 0.2) is 12.4 Å². The molecule has 1 atom stereocenters. The Labute approximate surface area is 158 Å². The summed E-state index contributed by atoms with van der Waals surface area (Å²) < 4.78 is 4.84. The van der Waals surface area contributed by atoms with Crippen LogP contribution in [0.3, 0.4) is 0 Å². The van der Waals surface area contributed by atoms with Gasteiger partial charge in [-0.15, -0.1) is 0 Å². The second-order valence-electron chi connectivity index (χ2n) is 8.80. The lowest BCUT2D eigenvalue weighted by molar-refractivity contribution is -0.135. The number of carbonyl (C=O) groups is 2. The van der Waals surface area contributed by atoms with E-state index in [9.17, 15) is 9.59 Å². The van der Waals surface area contributed by atoms with Crippen molar-refractivity contribution in [3.05, 3.63) is 23.8 Å². The zero-order valence-corrected chi connectivity index (χ0v) is 15.5. The Morgan fingerprint density at radius 2 is 1.89 bits per heavy atom. The molecule has 4 fully saturated rings. The van der Waals surface area contributed by atoms with E-state index in [1.807, 2.05) is 17.3 Å². The molecule has 2 saturated carbocycles. The third kappa shape index (κ3) is 3.17. The fourth-order valence-electron chi connectivity index (χ4n) is 4.96. The number of nitrogens with zero attached hydrogens (tertiary/aromatic N) is 3. The molecule has 0 radical (unpaired) electrons. The third-order valence-electron chi connectivity index (χ3n) is 6.98. The lowest BCUT2D eigenvalue weighted by Gasteiger charge is -2.54. The summed E-state index contributed by atoms with van der Waals surface area (Å²) >= 11 is 0. The molecule has 144 valence electrons. The number of carbonyl (C=O) groups excluding carboxylic acids is 2. The first-order valence-corrected chi connectivity index (χ1v) is 10.1. The fourth-order valence-corrected chi connectivity index (χ4v) is 4.96. The molecule has 0 aromatic carbocycles. The van der Waals surface area contributed by atoms with Gasteiger partial charge in [0, 0.05) is 43.7 Å². The SMILES string of the molecule is O=C1N[C@H](CCC(=O)N2CC(c3cnc(C4CC5(CCC5)C4)cn3)C2)CO1. The molecule has 5 rings (SSSR count). The highest BCUT2D eigenvalue weighted by Crippen LogP contribution is 2.61.